The summed E-state index contributed by atoms with van der Waals surface area (Å²) in [6, 6.07) is 5.80. The molecule has 0 N–H and O–H groups in total. The fraction of sp³-hybridized carbons (Fsp3) is 0.286. The van der Waals surface area contributed by atoms with Crippen molar-refractivity contribution in [1.82, 2.24) is 0 Å². The van der Waals surface area contributed by atoms with Crippen LogP contribution in [0.5, 0.6) is 0 Å². The Labute approximate surface area is 168 Å². The Hall–Kier alpha value is -3.55. The Morgan fingerprint density at radius 3 is 2.48 bits per heavy atom. The Morgan fingerprint density at radius 2 is 1.86 bits per heavy atom. The Morgan fingerprint density at radius 1 is 1.21 bits per heavy atom. The smallest absolute Gasteiger partial charge is 0.336 e. The van der Waals surface area contributed by atoms with Crippen molar-refractivity contribution in [2.24, 2.45) is 10.9 Å². The first-order chi connectivity index (χ1) is 13.8. The van der Waals surface area contributed by atoms with E-state index >= 15 is 0 Å². The maximum absolute atomic E-state index is 12.8. The molecular formula is C21H22N2O6. The van der Waals surface area contributed by atoms with Crippen LogP contribution in [0.2, 0.25) is 0 Å². The van der Waals surface area contributed by atoms with Crippen LogP contribution in [0.3, 0.4) is 0 Å². The molecular weight excluding hydrogens is 376 g/mol. The molecule has 1 aliphatic heterocycles. The number of carbonyl (C=O) groups excluding carboxylic acids is 2. The van der Waals surface area contributed by atoms with E-state index in [1.54, 1.807) is 19.9 Å². The number of allylic oxidation sites excluding steroid dienone is 1. The number of benzene rings is 1. The van der Waals surface area contributed by atoms with E-state index < -0.39 is 28.7 Å². The van der Waals surface area contributed by atoms with Crippen molar-refractivity contribution in [3.8, 4) is 0 Å². The van der Waals surface area contributed by atoms with Crippen LogP contribution in [0.25, 0.3) is 0 Å². The van der Waals surface area contributed by atoms with Gasteiger partial charge in [0.1, 0.15) is 19.1 Å². The average molecular weight is 398 g/mol. The topological polar surface area (TPSA) is 108 Å². The van der Waals surface area contributed by atoms with Gasteiger partial charge in [-0.15, -0.1) is 0 Å². The number of esters is 2. The number of carbonyl (C=O) groups is 2. The molecule has 1 aliphatic rings. The molecule has 0 bridgehead atoms. The molecule has 2 unspecified atom stereocenters. The highest BCUT2D eigenvalue weighted by Gasteiger charge is 2.42. The largest absolute Gasteiger partial charge is 0.461 e. The van der Waals surface area contributed by atoms with Gasteiger partial charge < -0.3 is 9.47 Å². The Balaban J connectivity index is 2.63. The highest BCUT2D eigenvalue weighted by Crippen LogP contribution is 2.40. The quantitative estimate of drug-likeness (QED) is 0.287. The summed E-state index contributed by atoms with van der Waals surface area (Å²) in [5.74, 6) is -3.06. The van der Waals surface area contributed by atoms with Crippen LogP contribution >= 0.6 is 0 Å². The van der Waals surface area contributed by atoms with Gasteiger partial charge in [-0.1, -0.05) is 37.4 Å². The van der Waals surface area contributed by atoms with Crippen LogP contribution in [0.1, 0.15) is 25.3 Å². The third-order valence-electron chi connectivity index (χ3n) is 4.42. The van der Waals surface area contributed by atoms with Crippen molar-refractivity contribution in [1.29, 1.82) is 0 Å². The lowest BCUT2D eigenvalue weighted by atomic mass is 9.75. The van der Waals surface area contributed by atoms with Crippen LogP contribution in [0, 0.1) is 16.0 Å². The molecule has 0 amide bonds. The standard InChI is InChI=1S/C21H22N2O6/c1-5-10-28-20(24)17-13(3)22-14(4)18(21(25)29-11-6-2)19(17)15-8-7-9-16(12-15)23(26)27/h5-9,12,17,19H,1-2,10-11H2,3-4H3. The van der Waals surface area contributed by atoms with Gasteiger partial charge in [0.05, 0.1) is 10.5 Å². The summed E-state index contributed by atoms with van der Waals surface area (Å²) in [7, 11) is 0. The molecule has 29 heavy (non-hydrogen) atoms. The lowest BCUT2D eigenvalue weighted by Gasteiger charge is -2.31. The average Bonchev–Trinajstić information content (AvgIpc) is 2.69. The molecule has 8 nitrogen and oxygen atoms in total. The van der Waals surface area contributed by atoms with E-state index in [1.807, 2.05) is 0 Å². The molecule has 2 rings (SSSR count). The molecule has 152 valence electrons. The fourth-order valence-electron chi connectivity index (χ4n) is 3.24. The molecule has 8 heteroatoms. The number of hydrogen-bond donors (Lipinski definition) is 0. The lowest BCUT2D eigenvalue weighted by molar-refractivity contribution is -0.384. The predicted molar refractivity (Wildman–Crippen MR) is 107 cm³/mol. The summed E-state index contributed by atoms with van der Waals surface area (Å²) in [6.07, 6.45) is 2.85. The molecule has 0 aliphatic carbocycles. The SMILES string of the molecule is C=CCOC(=O)C1=C(C)N=C(C)C(C(=O)OCC=C)C1c1cccc([N+](=O)[O-])c1. The Kier molecular flexibility index (Phi) is 7.19. The van der Waals surface area contributed by atoms with Crippen LogP contribution in [-0.2, 0) is 19.1 Å². The normalized spacial score (nSPS) is 18.5. The highest BCUT2D eigenvalue weighted by molar-refractivity contribution is 6.07. The number of aliphatic imine (C=N–C) groups is 1. The minimum absolute atomic E-state index is 0.0107. The summed E-state index contributed by atoms with van der Waals surface area (Å²) in [6.45, 7) is 10.3. The maximum Gasteiger partial charge on any atom is 0.336 e. The van der Waals surface area contributed by atoms with Crippen molar-refractivity contribution in [3.63, 3.8) is 0 Å². The van der Waals surface area contributed by atoms with Gasteiger partial charge >= 0.3 is 11.9 Å². The molecule has 1 aromatic carbocycles. The van der Waals surface area contributed by atoms with E-state index in [-0.39, 0.29) is 24.5 Å². The molecule has 0 fully saturated rings. The monoisotopic (exact) mass is 398 g/mol. The summed E-state index contributed by atoms with van der Waals surface area (Å²) in [5.41, 5.74) is 1.23. The van der Waals surface area contributed by atoms with Gasteiger partial charge in [0.2, 0.25) is 0 Å². The zero-order chi connectivity index (χ0) is 21.6. The van der Waals surface area contributed by atoms with Gasteiger partial charge in [-0.25, -0.2) is 4.79 Å². The van der Waals surface area contributed by atoms with E-state index in [1.165, 1.54) is 30.4 Å². The number of nitro benzene ring substituents is 1. The van der Waals surface area contributed by atoms with Gasteiger partial charge in [0.25, 0.3) is 5.69 Å². The molecule has 1 heterocycles. The minimum Gasteiger partial charge on any atom is -0.461 e. The van der Waals surface area contributed by atoms with Crippen molar-refractivity contribution in [3.05, 3.63) is 76.5 Å². The first-order valence-corrected chi connectivity index (χ1v) is 8.87. The van der Waals surface area contributed by atoms with Crippen molar-refractivity contribution in [2.45, 2.75) is 19.8 Å². The number of ether oxygens (including phenoxy) is 2. The van der Waals surface area contributed by atoms with E-state index in [9.17, 15) is 19.7 Å². The Bertz CT molecular complexity index is 916. The third kappa shape index (κ3) is 4.84. The van der Waals surface area contributed by atoms with E-state index in [4.69, 9.17) is 9.47 Å². The summed E-state index contributed by atoms with van der Waals surface area (Å²) < 4.78 is 10.4. The number of non-ortho nitro benzene ring substituents is 1. The van der Waals surface area contributed by atoms with Gasteiger partial charge in [-0.3, -0.25) is 19.9 Å². The van der Waals surface area contributed by atoms with Crippen molar-refractivity contribution in [2.75, 3.05) is 13.2 Å². The van der Waals surface area contributed by atoms with Crippen LogP contribution in [0.15, 0.2) is 65.8 Å². The van der Waals surface area contributed by atoms with Crippen LogP contribution < -0.4 is 0 Å². The van der Waals surface area contributed by atoms with Crippen LogP contribution in [0.4, 0.5) is 5.69 Å². The summed E-state index contributed by atoms with van der Waals surface area (Å²) >= 11 is 0. The fourth-order valence-corrected chi connectivity index (χ4v) is 3.24. The number of hydrogen-bond acceptors (Lipinski definition) is 7. The van der Waals surface area contributed by atoms with Crippen molar-refractivity contribution < 1.29 is 24.0 Å². The predicted octanol–water partition coefficient (Wildman–Crippen LogP) is 3.50. The maximum atomic E-state index is 12.8. The molecule has 0 aromatic heterocycles. The summed E-state index contributed by atoms with van der Waals surface area (Å²) in [5, 5.41) is 11.2. The van der Waals surface area contributed by atoms with E-state index in [0.717, 1.165) is 0 Å². The molecule has 0 spiro atoms. The number of nitro groups is 1. The second-order valence-electron chi connectivity index (χ2n) is 6.37. The zero-order valence-corrected chi connectivity index (χ0v) is 16.3. The van der Waals surface area contributed by atoms with Gasteiger partial charge in [0.15, 0.2) is 0 Å². The minimum atomic E-state index is -0.938. The van der Waals surface area contributed by atoms with Gasteiger partial charge in [0, 0.05) is 29.5 Å². The summed E-state index contributed by atoms with van der Waals surface area (Å²) in [4.78, 5) is 40.6. The van der Waals surface area contributed by atoms with E-state index in [2.05, 4.69) is 18.2 Å². The zero-order valence-electron chi connectivity index (χ0n) is 16.3. The third-order valence-corrected chi connectivity index (χ3v) is 4.42. The second kappa shape index (κ2) is 9.59. The molecule has 0 saturated carbocycles. The number of rotatable bonds is 8. The van der Waals surface area contributed by atoms with Gasteiger partial charge in [-0.05, 0) is 19.4 Å². The highest BCUT2D eigenvalue weighted by atomic mass is 16.6. The van der Waals surface area contributed by atoms with Crippen molar-refractivity contribution >= 4 is 23.3 Å². The lowest BCUT2D eigenvalue weighted by Crippen LogP contribution is -2.36. The van der Waals surface area contributed by atoms with E-state index in [0.29, 0.717) is 17.0 Å². The first kappa shape index (κ1) is 21.7. The first-order valence-electron chi connectivity index (χ1n) is 8.87. The molecule has 0 radical (unpaired) electrons. The van der Waals surface area contributed by atoms with Crippen LogP contribution in [-0.4, -0.2) is 35.8 Å². The molecule has 1 aromatic rings. The molecule has 0 saturated heterocycles. The number of nitrogens with zero attached hydrogens (tertiary/aromatic N) is 2. The molecule has 2 atom stereocenters. The van der Waals surface area contributed by atoms with Gasteiger partial charge in [-0.2, -0.15) is 0 Å². The second-order valence-corrected chi connectivity index (χ2v) is 6.37.